The summed E-state index contributed by atoms with van der Waals surface area (Å²) in [5.74, 6) is -0.216. The summed E-state index contributed by atoms with van der Waals surface area (Å²) >= 11 is 0. The molecule has 0 fully saturated rings. The van der Waals surface area contributed by atoms with Crippen molar-refractivity contribution < 1.29 is 4.79 Å². The van der Waals surface area contributed by atoms with E-state index in [4.69, 9.17) is 0 Å². The van der Waals surface area contributed by atoms with Gasteiger partial charge < -0.3 is 5.32 Å². The maximum absolute atomic E-state index is 12.0. The van der Waals surface area contributed by atoms with Crippen molar-refractivity contribution in [1.29, 1.82) is 0 Å². The highest BCUT2D eigenvalue weighted by Crippen LogP contribution is 2.22. The standard InChI is InChI=1S/C15H17N3O/c1-15(2,3)13-10-11(7-9-17-13)18-14(19)12-6-4-5-8-16-12/h4-10H,1-3H3,(H,17,18,19). The molecule has 98 valence electrons. The third-order valence-electron chi connectivity index (χ3n) is 2.68. The lowest BCUT2D eigenvalue weighted by molar-refractivity contribution is 0.102. The Hall–Kier alpha value is -2.23. The van der Waals surface area contributed by atoms with E-state index in [0.29, 0.717) is 5.69 Å². The molecule has 0 saturated carbocycles. The van der Waals surface area contributed by atoms with Crippen molar-refractivity contribution in [2.45, 2.75) is 26.2 Å². The highest BCUT2D eigenvalue weighted by Gasteiger charge is 2.16. The first-order chi connectivity index (χ1) is 8.97. The van der Waals surface area contributed by atoms with E-state index < -0.39 is 0 Å². The molecule has 0 aliphatic heterocycles. The van der Waals surface area contributed by atoms with E-state index in [1.54, 1.807) is 36.7 Å². The summed E-state index contributed by atoms with van der Waals surface area (Å²) in [7, 11) is 0. The van der Waals surface area contributed by atoms with Gasteiger partial charge >= 0.3 is 0 Å². The monoisotopic (exact) mass is 255 g/mol. The minimum atomic E-state index is -0.216. The number of carbonyl (C=O) groups is 1. The number of aromatic nitrogens is 2. The van der Waals surface area contributed by atoms with Crippen LogP contribution in [0.2, 0.25) is 0 Å². The zero-order valence-electron chi connectivity index (χ0n) is 11.3. The number of amides is 1. The Morgan fingerprint density at radius 1 is 1.11 bits per heavy atom. The maximum atomic E-state index is 12.0. The molecule has 2 heterocycles. The van der Waals surface area contributed by atoms with Crippen LogP contribution in [-0.4, -0.2) is 15.9 Å². The van der Waals surface area contributed by atoms with E-state index in [2.05, 4.69) is 36.1 Å². The van der Waals surface area contributed by atoms with E-state index in [1.807, 2.05) is 6.07 Å². The van der Waals surface area contributed by atoms with Crippen molar-refractivity contribution >= 4 is 11.6 Å². The van der Waals surface area contributed by atoms with Crippen molar-refractivity contribution in [2.75, 3.05) is 5.32 Å². The van der Waals surface area contributed by atoms with Gasteiger partial charge in [-0.3, -0.25) is 14.8 Å². The Balaban J connectivity index is 2.18. The lowest BCUT2D eigenvalue weighted by Crippen LogP contribution is -2.16. The molecule has 0 spiro atoms. The molecule has 1 N–H and O–H groups in total. The van der Waals surface area contributed by atoms with Gasteiger partial charge in [0.1, 0.15) is 5.69 Å². The fourth-order valence-corrected chi connectivity index (χ4v) is 1.61. The third kappa shape index (κ3) is 3.37. The van der Waals surface area contributed by atoms with Crippen LogP contribution in [-0.2, 0) is 5.41 Å². The van der Waals surface area contributed by atoms with Gasteiger partial charge in [-0.1, -0.05) is 26.8 Å². The zero-order chi connectivity index (χ0) is 13.9. The molecule has 0 unspecified atom stereocenters. The molecule has 2 aromatic heterocycles. The number of carbonyl (C=O) groups excluding carboxylic acids is 1. The summed E-state index contributed by atoms with van der Waals surface area (Å²) in [5.41, 5.74) is 2.02. The molecule has 2 rings (SSSR count). The molecule has 4 heteroatoms. The van der Waals surface area contributed by atoms with Gasteiger partial charge in [0.25, 0.3) is 5.91 Å². The number of hydrogen-bond donors (Lipinski definition) is 1. The Bertz CT molecular complexity index is 573. The largest absolute Gasteiger partial charge is 0.321 e. The zero-order valence-corrected chi connectivity index (χ0v) is 11.3. The smallest absolute Gasteiger partial charge is 0.274 e. The molecular weight excluding hydrogens is 238 g/mol. The van der Waals surface area contributed by atoms with E-state index in [0.717, 1.165) is 11.4 Å². The topological polar surface area (TPSA) is 54.9 Å². The number of anilines is 1. The van der Waals surface area contributed by atoms with Gasteiger partial charge in [0.2, 0.25) is 0 Å². The second-order valence-corrected chi connectivity index (χ2v) is 5.35. The van der Waals surface area contributed by atoms with Crippen LogP contribution in [0.25, 0.3) is 0 Å². The summed E-state index contributed by atoms with van der Waals surface area (Å²) in [4.78, 5) is 20.3. The number of pyridine rings is 2. The summed E-state index contributed by atoms with van der Waals surface area (Å²) in [5, 5.41) is 2.83. The predicted molar refractivity (Wildman–Crippen MR) is 75.1 cm³/mol. The summed E-state index contributed by atoms with van der Waals surface area (Å²) in [6, 6.07) is 8.91. The molecule has 0 aliphatic rings. The lowest BCUT2D eigenvalue weighted by Gasteiger charge is -2.18. The van der Waals surface area contributed by atoms with Crippen molar-refractivity contribution in [3.63, 3.8) is 0 Å². The number of rotatable bonds is 2. The molecule has 0 bridgehead atoms. The Kier molecular flexibility index (Phi) is 3.60. The summed E-state index contributed by atoms with van der Waals surface area (Å²) in [6.07, 6.45) is 3.30. The van der Waals surface area contributed by atoms with Crippen molar-refractivity contribution in [3.8, 4) is 0 Å². The highest BCUT2D eigenvalue weighted by atomic mass is 16.1. The maximum Gasteiger partial charge on any atom is 0.274 e. The van der Waals surface area contributed by atoms with E-state index >= 15 is 0 Å². The van der Waals surface area contributed by atoms with Crippen LogP contribution >= 0.6 is 0 Å². The van der Waals surface area contributed by atoms with Crippen LogP contribution < -0.4 is 5.32 Å². The van der Waals surface area contributed by atoms with Crippen LogP contribution in [0.1, 0.15) is 37.0 Å². The van der Waals surface area contributed by atoms with Crippen LogP contribution in [0.3, 0.4) is 0 Å². The van der Waals surface area contributed by atoms with Crippen LogP contribution in [0.5, 0.6) is 0 Å². The molecular formula is C15H17N3O. The van der Waals surface area contributed by atoms with E-state index in [1.165, 1.54) is 0 Å². The number of hydrogen-bond acceptors (Lipinski definition) is 3. The first kappa shape index (κ1) is 13.2. The van der Waals surface area contributed by atoms with E-state index in [-0.39, 0.29) is 11.3 Å². The van der Waals surface area contributed by atoms with Crippen LogP contribution in [0, 0.1) is 0 Å². The predicted octanol–water partition coefficient (Wildman–Crippen LogP) is 3.03. The second-order valence-electron chi connectivity index (χ2n) is 5.35. The molecule has 19 heavy (non-hydrogen) atoms. The first-order valence-electron chi connectivity index (χ1n) is 6.16. The third-order valence-corrected chi connectivity index (χ3v) is 2.68. The fourth-order valence-electron chi connectivity index (χ4n) is 1.61. The highest BCUT2D eigenvalue weighted by molar-refractivity contribution is 6.02. The molecule has 0 saturated heterocycles. The van der Waals surface area contributed by atoms with Crippen molar-refractivity contribution in [2.24, 2.45) is 0 Å². The molecule has 0 radical (unpaired) electrons. The Morgan fingerprint density at radius 2 is 1.89 bits per heavy atom. The van der Waals surface area contributed by atoms with Gasteiger partial charge in [-0.25, -0.2) is 0 Å². The molecule has 0 aromatic carbocycles. The van der Waals surface area contributed by atoms with Gasteiger partial charge in [0.15, 0.2) is 0 Å². The van der Waals surface area contributed by atoms with Gasteiger partial charge in [-0.2, -0.15) is 0 Å². The minimum Gasteiger partial charge on any atom is -0.321 e. The van der Waals surface area contributed by atoms with Gasteiger partial charge in [-0.05, 0) is 24.3 Å². The molecule has 2 aromatic rings. The quantitative estimate of drug-likeness (QED) is 0.897. The summed E-state index contributed by atoms with van der Waals surface area (Å²) in [6.45, 7) is 6.25. The molecule has 0 atom stereocenters. The van der Waals surface area contributed by atoms with Crippen LogP contribution in [0.4, 0.5) is 5.69 Å². The van der Waals surface area contributed by atoms with Crippen LogP contribution in [0.15, 0.2) is 42.7 Å². The number of nitrogens with one attached hydrogen (secondary N) is 1. The summed E-state index contributed by atoms with van der Waals surface area (Å²) < 4.78 is 0. The molecule has 4 nitrogen and oxygen atoms in total. The van der Waals surface area contributed by atoms with Crippen molar-refractivity contribution in [1.82, 2.24) is 9.97 Å². The van der Waals surface area contributed by atoms with Crippen molar-refractivity contribution in [3.05, 3.63) is 54.1 Å². The Labute approximate surface area is 112 Å². The van der Waals surface area contributed by atoms with Gasteiger partial charge in [0, 0.05) is 29.2 Å². The first-order valence-corrected chi connectivity index (χ1v) is 6.16. The average molecular weight is 255 g/mol. The SMILES string of the molecule is CC(C)(C)c1cc(NC(=O)c2ccccn2)ccn1. The molecule has 1 amide bonds. The lowest BCUT2D eigenvalue weighted by atomic mass is 9.91. The van der Waals surface area contributed by atoms with Gasteiger partial charge in [0.05, 0.1) is 0 Å². The second kappa shape index (κ2) is 5.18. The minimum absolute atomic E-state index is 0.0499. The van der Waals surface area contributed by atoms with E-state index in [9.17, 15) is 4.79 Å². The fraction of sp³-hybridized carbons (Fsp3) is 0.267. The van der Waals surface area contributed by atoms with Gasteiger partial charge in [-0.15, -0.1) is 0 Å². The number of nitrogens with zero attached hydrogens (tertiary/aromatic N) is 2. The average Bonchev–Trinajstić information content (AvgIpc) is 2.39. The normalized spacial score (nSPS) is 11.1. The Morgan fingerprint density at radius 3 is 2.53 bits per heavy atom. The molecule has 0 aliphatic carbocycles.